The number of benzene rings is 3. The fraction of sp³-hybridized carbons (Fsp3) is 0.368. The highest BCUT2D eigenvalue weighted by atomic mass is 19.2. The maximum Gasteiger partial charge on any atom is 0.407 e. The number of hydrogen-bond acceptors (Lipinski definition) is 13. The summed E-state index contributed by atoms with van der Waals surface area (Å²) in [5.74, 6) is -20.2. The Bertz CT molecular complexity index is 2030. The summed E-state index contributed by atoms with van der Waals surface area (Å²) in [6.45, 7) is 1.97. The molecule has 0 spiro atoms. The normalized spacial score (nSPS) is 20.1. The van der Waals surface area contributed by atoms with Crippen molar-refractivity contribution in [1.29, 1.82) is 0 Å². The van der Waals surface area contributed by atoms with Crippen LogP contribution in [0.5, 0.6) is 5.75 Å². The van der Waals surface area contributed by atoms with Crippen molar-refractivity contribution in [3.8, 4) is 16.9 Å². The third-order valence-electron chi connectivity index (χ3n) is 8.79. The fourth-order valence-electron chi connectivity index (χ4n) is 6.42. The number of fused-ring (bicyclic) bond motifs is 3. The molecule has 0 aromatic heterocycles. The first-order valence-corrected chi connectivity index (χ1v) is 17.3. The van der Waals surface area contributed by atoms with Gasteiger partial charge in [-0.15, -0.1) is 0 Å². The van der Waals surface area contributed by atoms with Crippen LogP contribution in [0.2, 0.25) is 0 Å². The lowest BCUT2D eigenvalue weighted by Gasteiger charge is -2.45. The van der Waals surface area contributed by atoms with Crippen molar-refractivity contribution in [2.24, 2.45) is 0 Å². The van der Waals surface area contributed by atoms with Gasteiger partial charge in [0.2, 0.25) is 40.7 Å². The van der Waals surface area contributed by atoms with Gasteiger partial charge in [-0.2, -0.15) is 8.78 Å². The number of esters is 4. The molecule has 2 aliphatic rings. The Morgan fingerprint density at radius 1 is 0.690 bits per heavy atom. The van der Waals surface area contributed by atoms with Gasteiger partial charge < -0.3 is 43.8 Å². The third kappa shape index (κ3) is 9.68. The van der Waals surface area contributed by atoms with E-state index in [9.17, 15) is 50.7 Å². The molecule has 2 amide bonds. The van der Waals surface area contributed by atoms with Crippen LogP contribution in [0.15, 0.2) is 48.5 Å². The summed E-state index contributed by atoms with van der Waals surface area (Å²) in [6, 6.07) is 10.8. The van der Waals surface area contributed by atoms with Gasteiger partial charge in [-0.05, 0) is 22.3 Å². The predicted octanol–water partition coefficient (Wildman–Crippen LogP) is 3.87. The lowest BCUT2D eigenvalue weighted by molar-refractivity contribution is -0.278. The summed E-state index contributed by atoms with van der Waals surface area (Å²) in [6.07, 6.45) is -7.84. The molecule has 1 fully saturated rings. The lowest BCUT2D eigenvalue weighted by atomic mass is 9.96. The van der Waals surface area contributed by atoms with Gasteiger partial charge >= 0.3 is 30.0 Å². The zero-order valence-corrected chi connectivity index (χ0v) is 31.0. The van der Waals surface area contributed by atoms with E-state index in [-0.39, 0.29) is 6.61 Å². The van der Waals surface area contributed by atoms with Crippen molar-refractivity contribution in [3.63, 3.8) is 0 Å². The van der Waals surface area contributed by atoms with Crippen LogP contribution in [-0.2, 0) is 52.4 Å². The summed E-state index contributed by atoms with van der Waals surface area (Å²) in [5, 5.41) is 4.48. The molecule has 2 unspecified atom stereocenters. The Balaban J connectivity index is 1.44. The van der Waals surface area contributed by atoms with E-state index in [1.54, 1.807) is 12.1 Å². The van der Waals surface area contributed by atoms with E-state index in [0.717, 1.165) is 49.9 Å². The summed E-state index contributed by atoms with van der Waals surface area (Å²) in [4.78, 5) is 75.1. The molecule has 15 nitrogen and oxygen atoms in total. The van der Waals surface area contributed by atoms with Gasteiger partial charge in [-0.1, -0.05) is 48.5 Å². The van der Waals surface area contributed by atoms with Crippen molar-refractivity contribution < 1.29 is 83.9 Å². The van der Waals surface area contributed by atoms with Crippen LogP contribution < -0.4 is 15.4 Å². The van der Waals surface area contributed by atoms with E-state index in [1.165, 1.54) is 0 Å². The first kappa shape index (κ1) is 43.0. The first-order chi connectivity index (χ1) is 27.5. The summed E-state index contributed by atoms with van der Waals surface area (Å²) >= 11 is 0. The number of rotatable bonds is 13. The van der Waals surface area contributed by atoms with Gasteiger partial charge in [0.05, 0.1) is 6.61 Å². The third-order valence-corrected chi connectivity index (χ3v) is 8.79. The minimum atomic E-state index is -2.54. The van der Waals surface area contributed by atoms with Crippen LogP contribution >= 0.6 is 0 Å². The zero-order chi connectivity index (χ0) is 42.4. The van der Waals surface area contributed by atoms with Crippen LogP contribution in [0.25, 0.3) is 11.1 Å². The molecule has 1 heterocycles. The highest BCUT2D eigenvalue weighted by Gasteiger charge is 2.51. The van der Waals surface area contributed by atoms with Crippen molar-refractivity contribution >= 4 is 35.9 Å². The molecule has 3 aromatic rings. The Kier molecular flexibility index (Phi) is 13.6. The summed E-state index contributed by atoms with van der Waals surface area (Å²) in [7, 11) is 0. The second-order valence-corrected chi connectivity index (χ2v) is 12.9. The van der Waals surface area contributed by atoms with Crippen LogP contribution in [0, 0.1) is 29.1 Å². The Hall–Kier alpha value is -6.15. The number of carbonyl (C=O) groups excluding carboxylic acids is 6. The molecule has 2 N–H and O–H groups in total. The molecular weight excluding hydrogens is 787 g/mol. The van der Waals surface area contributed by atoms with Gasteiger partial charge in [-0.3, -0.25) is 19.2 Å². The quantitative estimate of drug-likeness (QED) is 0.0632. The standard InChI is InChI=1S/C38H35F5N2O13/c1-16(46)44-32-35(56-19(4)49)33(55-18(3)48)26(15-52-17(2)47)57-37(32)53-14-25(36(50)58-34-30(42)28(40)27(39)29(41)31(34)43)45-38(51)54-13-24-22-11-7-5-9-20(22)21-10-6-8-12-23(21)24/h5-12,24-26,32-33,35,37H,13-15H2,1-4H3,(H,44,46)(H,45,51)/t25-,26?,32?,33+,35-,37+/m0/s1. The lowest BCUT2D eigenvalue weighted by Crippen LogP contribution is -2.67. The van der Waals surface area contributed by atoms with Crippen molar-refractivity contribution in [2.45, 2.75) is 70.3 Å². The predicted molar refractivity (Wildman–Crippen MR) is 184 cm³/mol. The van der Waals surface area contributed by atoms with E-state index >= 15 is 0 Å². The molecule has 5 rings (SSSR count). The maximum atomic E-state index is 14.6. The first-order valence-electron chi connectivity index (χ1n) is 17.3. The minimum absolute atomic E-state index is 0.310. The number of halogens is 5. The Morgan fingerprint density at radius 3 is 1.76 bits per heavy atom. The van der Waals surface area contributed by atoms with Crippen molar-refractivity contribution in [2.75, 3.05) is 19.8 Å². The molecule has 1 saturated heterocycles. The van der Waals surface area contributed by atoms with E-state index in [0.29, 0.717) is 0 Å². The van der Waals surface area contributed by atoms with Crippen LogP contribution in [0.1, 0.15) is 44.7 Å². The fourth-order valence-corrected chi connectivity index (χ4v) is 6.42. The molecule has 310 valence electrons. The van der Waals surface area contributed by atoms with Gasteiger partial charge in [0.1, 0.15) is 25.4 Å². The molecule has 58 heavy (non-hydrogen) atoms. The SMILES string of the molecule is CC(=O)NC1[C@H](OC[C@H](NC(=O)OCC2c3ccccc3-c3ccccc32)C(=O)Oc2c(F)c(F)c(F)c(F)c2F)OC(COC(C)=O)[C@@H](OC(C)=O)[C@H]1OC(C)=O. The van der Waals surface area contributed by atoms with E-state index in [4.69, 9.17) is 28.4 Å². The second-order valence-electron chi connectivity index (χ2n) is 12.9. The number of hydrogen-bond donors (Lipinski definition) is 2. The van der Waals surface area contributed by atoms with Gasteiger partial charge in [0.15, 0.2) is 24.5 Å². The topological polar surface area (TPSA) is 191 Å². The molecule has 6 atom stereocenters. The second kappa shape index (κ2) is 18.4. The Labute approximate surface area is 326 Å². The summed E-state index contributed by atoms with van der Waals surface area (Å²) in [5.41, 5.74) is 3.36. The molecule has 0 bridgehead atoms. The van der Waals surface area contributed by atoms with Crippen LogP contribution in [0.4, 0.5) is 26.7 Å². The van der Waals surface area contributed by atoms with Gasteiger partial charge in [-0.25, -0.2) is 22.8 Å². The zero-order valence-electron chi connectivity index (χ0n) is 31.0. The maximum absolute atomic E-state index is 14.6. The van der Waals surface area contributed by atoms with Crippen LogP contribution in [0.3, 0.4) is 0 Å². The van der Waals surface area contributed by atoms with Crippen LogP contribution in [-0.4, -0.2) is 92.4 Å². The van der Waals surface area contributed by atoms with E-state index < -0.39 is 127 Å². The highest BCUT2D eigenvalue weighted by Crippen LogP contribution is 2.44. The smallest absolute Gasteiger partial charge is 0.407 e. The van der Waals surface area contributed by atoms with Gasteiger partial charge in [0.25, 0.3) is 0 Å². The largest absolute Gasteiger partial charge is 0.463 e. The number of nitrogens with one attached hydrogen (secondary N) is 2. The van der Waals surface area contributed by atoms with Crippen molar-refractivity contribution in [3.05, 3.63) is 88.7 Å². The van der Waals surface area contributed by atoms with E-state index in [1.807, 2.05) is 36.4 Å². The van der Waals surface area contributed by atoms with Gasteiger partial charge in [0, 0.05) is 33.6 Å². The Morgan fingerprint density at radius 2 is 1.22 bits per heavy atom. The number of ether oxygens (including phenoxy) is 7. The molecule has 1 aliphatic heterocycles. The number of carbonyl (C=O) groups is 6. The molecule has 0 radical (unpaired) electrons. The molecule has 0 saturated carbocycles. The number of alkyl carbamates (subject to hydrolysis) is 1. The van der Waals surface area contributed by atoms with E-state index in [2.05, 4.69) is 15.4 Å². The molecular formula is C38H35F5N2O13. The van der Waals surface area contributed by atoms with Crippen molar-refractivity contribution in [1.82, 2.24) is 10.6 Å². The minimum Gasteiger partial charge on any atom is -0.463 e. The average molecular weight is 823 g/mol. The molecule has 20 heteroatoms. The molecule has 1 aliphatic carbocycles. The average Bonchev–Trinajstić information content (AvgIpc) is 3.49. The highest BCUT2D eigenvalue weighted by molar-refractivity contribution is 5.83. The summed E-state index contributed by atoms with van der Waals surface area (Å²) < 4.78 is 108. The molecule has 3 aromatic carbocycles. The number of amides is 2. The monoisotopic (exact) mass is 822 g/mol.